The molecule has 1 aliphatic heterocycles. The van der Waals surface area contributed by atoms with Crippen LogP contribution in [0.3, 0.4) is 0 Å². The number of carbonyl (C=O) groups excluding carboxylic acids is 1. The number of halogens is 2. The lowest BCUT2D eigenvalue weighted by molar-refractivity contribution is 0.103. The summed E-state index contributed by atoms with van der Waals surface area (Å²) in [4.78, 5) is 13.2. The Morgan fingerprint density at radius 2 is 2.00 bits per heavy atom. The van der Waals surface area contributed by atoms with E-state index in [-0.39, 0.29) is 5.78 Å². The predicted octanol–water partition coefficient (Wildman–Crippen LogP) is 4.32. The Bertz CT molecular complexity index is 650. The topological polar surface area (TPSA) is 17.1 Å². The summed E-state index contributed by atoms with van der Waals surface area (Å²) in [5, 5.41) is 0.585. The van der Waals surface area contributed by atoms with Crippen molar-refractivity contribution in [1.82, 2.24) is 0 Å². The minimum atomic E-state index is -0.395. The lowest BCUT2D eigenvalue weighted by Crippen LogP contribution is -2.04. The number of carbonyl (C=O) groups is 1. The van der Waals surface area contributed by atoms with E-state index in [0.717, 1.165) is 10.5 Å². The molecule has 2 aromatic carbocycles. The minimum Gasteiger partial charge on any atom is -0.289 e. The van der Waals surface area contributed by atoms with E-state index < -0.39 is 5.82 Å². The van der Waals surface area contributed by atoms with Crippen molar-refractivity contribution in [3.8, 4) is 0 Å². The van der Waals surface area contributed by atoms with Crippen molar-refractivity contribution in [2.45, 2.75) is 10.6 Å². The molecule has 3 rings (SSSR count). The molecule has 0 fully saturated rings. The van der Waals surface area contributed by atoms with Gasteiger partial charge in [-0.3, -0.25) is 4.79 Å². The average molecular weight is 279 g/mol. The zero-order valence-electron chi connectivity index (χ0n) is 9.24. The molecule has 0 aliphatic carbocycles. The number of benzene rings is 2. The molecule has 0 N–H and O–H groups in total. The Kier molecular flexibility index (Phi) is 2.88. The van der Waals surface area contributed by atoms with E-state index in [0.29, 0.717) is 21.9 Å². The average Bonchev–Trinajstić information content (AvgIpc) is 2.50. The molecule has 0 amide bonds. The normalized spacial score (nSPS) is 13.8. The van der Waals surface area contributed by atoms with Crippen molar-refractivity contribution < 1.29 is 9.18 Å². The first-order valence-electron chi connectivity index (χ1n) is 5.41. The first-order valence-corrected chi connectivity index (χ1v) is 6.77. The van der Waals surface area contributed by atoms with E-state index in [1.807, 2.05) is 0 Å². The highest BCUT2D eigenvalue weighted by Gasteiger charge is 2.23. The molecule has 0 spiro atoms. The Balaban J connectivity index is 2.23. The van der Waals surface area contributed by atoms with E-state index in [9.17, 15) is 9.18 Å². The summed E-state index contributed by atoms with van der Waals surface area (Å²) >= 11 is 7.62. The third-order valence-electron chi connectivity index (χ3n) is 2.92. The molecule has 0 saturated carbocycles. The third-order valence-corrected chi connectivity index (χ3v) is 4.38. The van der Waals surface area contributed by atoms with Gasteiger partial charge in [0.1, 0.15) is 5.82 Å². The van der Waals surface area contributed by atoms with Gasteiger partial charge in [0.25, 0.3) is 0 Å². The van der Waals surface area contributed by atoms with Gasteiger partial charge in [0.2, 0.25) is 0 Å². The number of thioether (sulfide) groups is 1. The van der Waals surface area contributed by atoms with Crippen LogP contribution in [0.1, 0.15) is 21.5 Å². The van der Waals surface area contributed by atoms with Gasteiger partial charge < -0.3 is 0 Å². The maximum Gasteiger partial charge on any atom is 0.194 e. The highest BCUT2D eigenvalue weighted by atomic mass is 35.5. The summed E-state index contributed by atoms with van der Waals surface area (Å²) in [6.07, 6.45) is 0. The molecule has 4 heteroatoms. The molecular weight excluding hydrogens is 271 g/mol. The molecule has 0 atom stereocenters. The van der Waals surface area contributed by atoms with Crippen molar-refractivity contribution in [2.24, 2.45) is 0 Å². The van der Waals surface area contributed by atoms with Crippen LogP contribution in [0, 0.1) is 5.82 Å². The number of rotatable bonds is 0. The third kappa shape index (κ3) is 1.84. The molecule has 0 bridgehead atoms. The van der Waals surface area contributed by atoms with Gasteiger partial charge in [-0.1, -0.05) is 23.7 Å². The molecule has 1 nitrogen and oxygen atoms in total. The van der Waals surface area contributed by atoms with Crippen LogP contribution in [0.15, 0.2) is 41.3 Å². The van der Waals surface area contributed by atoms with Gasteiger partial charge in [-0.05, 0) is 29.8 Å². The number of fused-ring (bicyclic) bond motifs is 2. The Labute approximate surface area is 113 Å². The van der Waals surface area contributed by atoms with Gasteiger partial charge in [0.15, 0.2) is 5.78 Å². The fourth-order valence-electron chi connectivity index (χ4n) is 2.02. The molecule has 1 aliphatic rings. The van der Waals surface area contributed by atoms with Crippen LogP contribution in [0.5, 0.6) is 0 Å². The maximum absolute atomic E-state index is 13.3. The summed E-state index contributed by atoms with van der Waals surface area (Å²) in [5.41, 5.74) is 1.81. The summed E-state index contributed by atoms with van der Waals surface area (Å²) in [7, 11) is 0. The van der Waals surface area contributed by atoms with Gasteiger partial charge in [0, 0.05) is 26.8 Å². The van der Waals surface area contributed by atoms with E-state index in [4.69, 9.17) is 11.6 Å². The molecular formula is C14H8ClFOS. The number of ketones is 1. The van der Waals surface area contributed by atoms with Gasteiger partial charge in [-0.2, -0.15) is 0 Å². The van der Waals surface area contributed by atoms with Gasteiger partial charge in [-0.15, -0.1) is 11.8 Å². The summed E-state index contributed by atoms with van der Waals surface area (Å²) < 4.78 is 13.3. The first-order chi connectivity index (χ1) is 8.66. The predicted molar refractivity (Wildman–Crippen MR) is 70.8 cm³/mol. The molecule has 0 unspecified atom stereocenters. The summed E-state index contributed by atoms with van der Waals surface area (Å²) in [6, 6.07) is 9.56. The Morgan fingerprint density at radius 1 is 1.17 bits per heavy atom. The van der Waals surface area contributed by atoms with Crippen LogP contribution in [0.2, 0.25) is 5.02 Å². The van der Waals surface area contributed by atoms with Crippen LogP contribution >= 0.6 is 23.4 Å². The molecule has 90 valence electrons. The Hall–Kier alpha value is -1.32. The van der Waals surface area contributed by atoms with Gasteiger partial charge in [-0.25, -0.2) is 4.39 Å². The smallest absolute Gasteiger partial charge is 0.194 e. The van der Waals surface area contributed by atoms with Crippen LogP contribution < -0.4 is 0 Å². The zero-order chi connectivity index (χ0) is 12.7. The second-order valence-corrected chi connectivity index (χ2v) is 5.45. The van der Waals surface area contributed by atoms with Crippen LogP contribution in [-0.2, 0) is 5.75 Å². The van der Waals surface area contributed by atoms with Crippen LogP contribution in [0.4, 0.5) is 4.39 Å². The number of hydrogen-bond acceptors (Lipinski definition) is 2. The van der Waals surface area contributed by atoms with E-state index >= 15 is 0 Å². The highest BCUT2D eigenvalue weighted by Crippen LogP contribution is 2.36. The van der Waals surface area contributed by atoms with Gasteiger partial charge >= 0.3 is 0 Å². The maximum atomic E-state index is 13.3. The highest BCUT2D eigenvalue weighted by molar-refractivity contribution is 7.98. The molecule has 1 heterocycles. The zero-order valence-corrected chi connectivity index (χ0v) is 10.8. The van der Waals surface area contributed by atoms with Crippen molar-refractivity contribution in [3.63, 3.8) is 0 Å². The molecule has 18 heavy (non-hydrogen) atoms. The Morgan fingerprint density at radius 3 is 2.83 bits per heavy atom. The van der Waals surface area contributed by atoms with Crippen molar-refractivity contribution in [2.75, 3.05) is 0 Å². The van der Waals surface area contributed by atoms with Gasteiger partial charge in [0.05, 0.1) is 0 Å². The molecule has 2 aromatic rings. The standard InChI is InChI=1S/C14H8ClFOS/c15-12-3-1-2-9-11(12)7-18-13-5-4-8(16)6-10(13)14(9)17/h1-6H,7H2. The number of hydrogen-bond donors (Lipinski definition) is 0. The summed E-state index contributed by atoms with van der Waals surface area (Å²) in [6.45, 7) is 0. The lowest BCUT2D eigenvalue weighted by atomic mass is 9.99. The monoisotopic (exact) mass is 278 g/mol. The van der Waals surface area contributed by atoms with Crippen LogP contribution in [0.25, 0.3) is 0 Å². The second kappa shape index (κ2) is 4.41. The van der Waals surface area contributed by atoms with Crippen molar-refractivity contribution in [3.05, 3.63) is 63.9 Å². The van der Waals surface area contributed by atoms with Crippen LogP contribution in [-0.4, -0.2) is 5.78 Å². The molecule has 0 radical (unpaired) electrons. The largest absolute Gasteiger partial charge is 0.289 e. The lowest BCUT2D eigenvalue weighted by Gasteiger charge is -2.05. The first kappa shape index (κ1) is 11.8. The fraction of sp³-hybridized carbons (Fsp3) is 0.0714. The SMILES string of the molecule is O=C1c2cc(F)ccc2SCc2c(Cl)cccc21. The van der Waals surface area contributed by atoms with E-state index in [1.165, 1.54) is 23.9 Å². The second-order valence-electron chi connectivity index (χ2n) is 4.02. The van der Waals surface area contributed by atoms with Crippen molar-refractivity contribution in [1.29, 1.82) is 0 Å². The van der Waals surface area contributed by atoms with Crippen molar-refractivity contribution >= 4 is 29.1 Å². The van der Waals surface area contributed by atoms with E-state index in [1.54, 1.807) is 24.3 Å². The van der Waals surface area contributed by atoms with E-state index in [2.05, 4.69) is 0 Å². The molecule has 0 saturated heterocycles. The summed E-state index contributed by atoms with van der Waals surface area (Å²) in [5.74, 6) is 0.0690. The molecule has 0 aromatic heterocycles. The minimum absolute atomic E-state index is 0.160. The quantitative estimate of drug-likeness (QED) is 0.714. The fourth-order valence-corrected chi connectivity index (χ4v) is 3.42.